The van der Waals surface area contributed by atoms with Crippen molar-refractivity contribution in [3.05, 3.63) is 33.6 Å². The van der Waals surface area contributed by atoms with E-state index in [0.717, 1.165) is 32.0 Å². The molecule has 1 saturated heterocycles. The fourth-order valence-corrected chi connectivity index (χ4v) is 2.37. The Balaban J connectivity index is 2.09. The predicted molar refractivity (Wildman–Crippen MR) is 75.4 cm³/mol. The highest BCUT2D eigenvalue weighted by Gasteiger charge is 2.22. The number of benzene rings is 1. The van der Waals surface area contributed by atoms with Gasteiger partial charge in [0.05, 0.1) is 16.6 Å². The molecule has 0 radical (unpaired) electrons. The van der Waals surface area contributed by atoms with Crippen LogP contribution in [0, 0.1) is 21.8 Å². The number of nitro groups is 1. The fourth-order valence-electron chi connectivity index (χ4n) is 2.37. The SMILES string of the molecule is Nc1c(C(=O)NCC2CCCNC2)cc(F)cc1[N+](=O)[O-]. The Morgan fingerprint density at radius 2 is 2.33 bits per heavy atom. The Hall–Kier alpha value is -2.22. The Morgan fingerprint density at radius 1 is 1.57 bits per heavy atom. The van der Waals surface area contributed by atoms with Crippen molar-refractivity contribution in [3.63, 3.8) is 0 Å². The van der Waals surface area contributed by atoms with Gasteiger partial charge in [-0.15, -0.1) is 0 Å². The molecule has 1 fully saturated rings. The molecule has 0 spiro atoms. The second-order valence-corrected chi connectivity index (χ2v) is 5.07. The zero-order chi connectivity index (χ0) is 15.4. The molecule has 1 amide bonds. The molecule has 0 aromatic heterocycles. The van der Waals surface area contributed by atoms with Gasteiger partial charge in [-0.3, -0.25) is 14.9 Å². The van der Waals surface area contributed by atoms with Crippen LogP contribution in [-0.4, -0.2) is 30.5 Å². The lowest BCUT2D eigenvalue weighted by Crippen LogP contribution is -2.38. The molecule has 2 rings (SSSR count). The van der Waals surface area contributed by atoms with Gasteiger partial charge in [-0.1, -0.05) is 0 Å². The Kier molecular flexibility index (Phi) is 4.69. The molecule has 1 aliphatic rings. The lowest BCUT2D eigenvalue weighted by molar-refractivity contribution is -0.384. The van der Waals surface area contributed by atoms with Gasteiger partial charge in [0.15, 0.2) is 0 Å². The molecule has 1 atom stereocenters. The van der Waals surface area contributed by atoms with Crippen LogP contribution in [0.25, 0.3) is 0 Å². The van der Waals surface area contributed by atoms with Gasteiger partial charge in [-0.05, 0) is 37.9 Å². The molecular formula is C13H17FN4O3. The summed E-state index contributed by atoms with van der Waals surface area (Å²) in [4.78, 5) is 22.0. The molecule has 0 aliphatic carbocycles. The average molecular weight is 296 g/mol. The highest BCUT2D eigenvalue weighted by molar-refractivity contribution is 6.01. The largest absolute Gasteiger partial charge is 0.393 e. The number of hydrogen-bond acceptors (Lipinski definition) is 5. The first kappa shape index (κ1) is 15.2. The maximum atomic E-state index is 13.4. The molecule has 1 aromatic rings. The third kappa shape index (κ3) is 3.66. The number of anilines is 1. The van der Waals surface area contributed by atoms with E-state index in [1.807, 2.05) is 0 Å². The van der Waals surface area contributed by atoms with Gasteiger partial charge in [-0.2, -0.15) is 0 Å². The van der Waals surface area contributed by atoms with Gasteiger partial charge in [0.1, 0.15) is 11.5 Å². The number of carbonyl (C=O) groups is 1. The number of nitrogens with one attached hydrogen (secondary N) is 2. The Morgan fingerprint density at radius 3 is 2.95 bits per heavy atom. The van der Waals surface area contributed by atoms with E-state index in [2.05, 4.69) is 10.6 Å². The number of halogens is 1. The molecule has 0 bridgehead atoms. The van der Waals surface area contributed by atoms with Crippen molar-refractivity contribution in [2.45, 2.75) is 12.8 Å². The number of nitrogen functional groups attached to an aromatic ring is 1. The minimum atomic E-state index is -0.861. The zero-order valence-corrected chi connectivity index (χ0v) is 11.4. The van der Waals surface area contributed by atoms with Crippen molar-refractivity contribution in [1.29, 1.82) is 0 Å². The molecule has 7 nitrogen and oxygen atoms in total. The second kappa shape index (κ2) is 6.49. The molecule has 21 heavy (non-hydrogen) atoms. The van der Waals surface area contributed by atoms with Gasteiger partial charge in [0, 0.05) is 6.54 Å². The third-order valence-corrected chi connectivity index (χ3v) is 3.51. The summed E-state index contributed by atoms with van der Waals surface area (Å²) in [6, 6.07) is 1.62. The monoisotopic (exact) mass is 296 g/mol. The summed E-state index contributed by atoms with van der Waals surface area (Å²) in [7, 11) is 0. The van der Waals surface area contributed by atoms with Crippen LogP contribution in [-0.2, 0) is 0 Å². The molecule has 8 heteroatoms. The summed E-state index contributed by atoms with van der Waals surface area (Å²) in [5, 5.41) is 16.6. The normalized spacial score (nSPS) is 18.2. The van der Waals surface area contributed by atoms with E-state index in [0.29, 0.717) is 18.5 Å². The van der Waals surface area contributed by atoms with Crippen LogP contribution < -0.4 is 16.4 Å². The minimum Gasteiger partial charge on any atom is -0.393 e. The predicted octanol–water partition coefficient (Wildman–Crippen LogP) is 1.05. The molecule has 0 saturated carbocycles. The number of carbonyl (C=O) groups excluding carboxylic acids is 1. The number of nitrogens with zero attached hydrogens (tertiary/aromatic N) is 1. The molecule has 1 aliphatic heterocycles. The lowest BCUT2D eigenvalue weighted by atomic mass is 9.99. The number of nitrogens with two attached hydrogens (primary N) is 1. The topological polar surface area (TPSA) is 110 Å². The van der Waals surface area contributed by atoms with Crippen LogP contribution >= 0.6 is 0 Å². The van der Waals surface area contributed by atoms with Crippen LogP contribution in [0.5, 0.6) is 0 Å². The maximum Gasteiger partial charge on any atom is 0.295 e. The molecule has 114 valence electrons. The van der Waals surface area contributed by atoms with Gasteiger partial charge in [0.25, 0.3) is 11.6 Å². The van der Waals surface area contributed by atoms with Crippen molar-refractivity contribution in [2.24, 2.45) is 5.92 Å². The fraction of sp³-hybridized carbons (Fsp3) is 0.462. The molecular weight excluding hydrogens is 279 g/mol. The van der Waals surface area contributed by atoms with Crippen LogP contribution in [0.4, 0.5) is 15.8 Å². The highest BCUT2D eigenvalue weighted by atomic mass is 19.1. The second-order valence-electron chi connectivity index (χ2n) is 5.07. The average Bonchev–Trinajstić information content (AvgIpc) is 2.47. The van der Waals surface area contributed by atoms with Gasteiger partial charge in [0.2, 0.25) is 0 Å². The van der Waals surface area contributed by atoms with Crippen LogP contribution in [0.15, 0.2) is 12.1 Å². The summed E-state index contributed by atoms with van der Waals surface area (Å²) >= 11 is 0. The minimum absolute atomic E-state index is 0.203. The van der Waals surface area contributed by atoms with E-state index in [1.54, 1.807) is 0 Å². The van der Waals surface area contributed by atoms with Crippen LogP contribution in [0.3, 0.4) is 0 Å². The lowest BCUT2D eigenvalue weighted by Gasteiger charge is -2.23. The van der Waals surface area contributed by atoms with E-state index < -0.39 is 22.3 Å². The first-order chi connectivity index (χ1) is 9.99. The summed E-state index contributed by atoms with van der Waals surface area (Å²) < 4.78 is 13.4. The molecule has 1 unspecified atom stereocenters. The Bertz CT molecular complexity index is 559. The van der Waals surface area contributed by atoms with Crippen molar-refractivity contribution < 1.29 is 14.1 Å². The zero-order valence-electron chi connectivity index (χ0n) is 11.4. The van der Waals surface area contributed by atoms with Crippen molar-refractivity contribution in [2.75, 3.05) is 25.4 Å². The summed E-state index contributed by atoms with van der Waals surface area (Å²) in [5.74, 6) is -1.16. The summed E-state index contributed by atoms with van der Waals surface area (Å²) in [6.45, 7) is 2.20. The number of nitro benzene ring substituents is 1. The standard InChI is InChI=1S/C13H17FN4O3/c14-9-4-10(12(15)11(5-9)18(20)21)13(19)17-7-8-2-1-3-16-6-8/h4-5,8,16H,1-3,6-7,15H2,(H,17,19). The maximum absolute atomic E-state index is 13.4. The Labute approximate surface area is 120 Å². The van der Waals surface area contributed by atoms with E-state index in [-0.39, 0.29) is 11.3 Å². The van der Waals surface area contributed by atoms with Crippen molar-refractivity contribution in [1.82, 2.24) is 10.6 Å². The first-order valence-corrected chi connectivity index (χ1v) is 6.71. The first-order valence-electron chi connectivity index (χ1n) is 6.71. The highest BCUT2D eigenvalue weighted by Crippen LogP contribution is 2.26. The van der Waals surface area contributed by atoms with E-state index >= 15 is 0 Å². The number of piperidine rings is 1. The smallest absolute Gasteiger partial charge is 0.295 e. The van der Waals surface area contributed by atoms with Crippen LogP contribution in [0.2, 0.25) is 0 Å². The molecule has 4 N–H and O–H groups in total. The number of rotatable bonds is 4. The van der Waals surface area contributed by atoms with Gasteiger partial charge < -0.3 is 16.4 Å². The van der Waals surface area contributed by atoms with E-state index in [4.69, 9.17) is 5.73 Å². The van der Waals surface area contributed by atoms with Crippen LogP contribution in [0.1, 0.15) is 23.2 Å². The van der Waals surface area contributed by atoms with Crippen molar-refractivity contribution >= 4 is 17.3 Å². The van der Waals surface area contributed by atoms with Gasteiger partial charge in [-0.25, -0.2) is 4.39 Å². The third-order valence-electron chi connectivity index (χ3n) is 3.51. The van der Waals surface area contributed by atoms with Crippen molar-refractivity contribution in [3.8, 4) is 0 Å². The van der Waals surface area contributed by atoms with E-state index in [9.17, 15) is 19.3 Å². The van der Waals surface area contributed by atoms with E-state index in [1.165, 1.54) is 0 Å². The number of hydrogen-bond donors (Lipinski definition) is 3. The quantitative estimate of drug-likeness (QED) is 0.437. The summed E-state index contributed by atoms with van der Waals surface area (Å²) in [5.41, 5.74) is 4.46. The number of amides is 1. The molecule has 1 aromatic carbocycles. The molecule has 1 heterocycles. The van der Waals surface area contributed by atoms with Gasteiger partial charge >= 0.3 is 0 Å². The summed E-state index contributed by atoms with van der Waals surface area (Å²) in [6.07, 6.45) is 2.03.